The number of aromatic nitrogens is 1. The van der Waals surface area contributed by atoms with Gasteiger partial charge in [0.25, 0.3) is 5.91 Å². The molecule has 1 saturated heterocycles. The van der Waals surface area contributed by atoms with Crippen molar-refractivity contribution in [1.82, 2.24) is 9.88 Å². The van der Waals surface area contributed by atoms with Crippen LogP contribution in [-0.2, 0) is 4.79 Å². The molecule has 1 aromatic rings. The molecule has 1 aliphatic heterocycles. The second kappa shape index (κ2) is 5.03. The Morgan fingerprint density at radius 1 is 1.44 bits per heavy atom. The Morgan fingerprint density at radius 3 is 2.89 bits per heavy atom. The Balaban J connectivity index is 2.27. The molecule has 18 heavy (non-hydrogen) atoms. The first kappa shape index (κ1) is 12.3. The number of likely N-dealkylation sites (tertiary alicyclic amines) is 1. The predicted octanol–water partition coefficient (Wildman–Crippen LogP) is 0.743. The van der Waals surface area contributed by atoms with Crippen LogP contribution in [0, 0.1) is 0 Å². The number of carboxylic acid groups (broad SMARTS) is 1. The molecule has 0 aliphatic carbocycles. The minimum atomic E-state index is -0.974. The fraction of sp³-hybridized carbons (Fsp3) is 0.417. The van der Waals surface area contributed by atoms with Crippen LogP contribution < -0.4 is 5.73 Å². The van der Waals surface area contributed by atoms with Crippen molar-refractivity contribution in [1.29, 1.82) is 0 Å². The molecular weight excluding hydrogens is 234 g/mol. The van der Waals surface area contributed by atoms with Gasteiger partial charge in [0.15, 0.2) is 5.69 Å². The van der Waals surface area contributed by atoms with Crippen molar-refractivity contribution in [2.75, 3.05) is 12.3 Å². The average Bonchev–Trinajstić information content (AvgIpc) is 2.38. The fourth-order valence-corrected chi connectivity index (χ4v) is 2.16. The van der Waals surface area contributed by atoms with Gasteiger partial charge in [-0.1, -0.05) is 0 Å². The lowest BCUT2D eigenvalue weighted by atomic mass is 10.0. The Labute approximate surface area is 104 Å². The number of carboxylic acids is 1. The van der Waals surface area contributed by atoms with Crippen molar-refractivity contribution < 1.29 is 14.7 Å². The summed E-state index contributed by atoms with van der Waals surface area (Å²) >= 11 is 0. The number of hydrogen-bond donors (Lipinski definition) is 2. The van der Waals surface area contributed by atoms with Gasteiger partial charge in [-0.25, -0.2) is 9.78 Å². The van der Waals surface area contributed by atoms with Gasteiger partial charge in [0, 0.05) is 12.7 Å². The minimum absolute atomic E-state index is 0.130. The zero-order chi connectivity index (χ0) is 13.1. The molecule has 3 N–H and O–H groups in total. The van der Waals surface area contributed by atoms with Crippen LogP contribution >= 0.6 is 0 Å². The van der Waals surface area contributed by atoms with Crippen LogP contribution in [0.15, 0.2) is 18.3 Å². The first-order valence-corrected chi connectivity index (χ1v) is 5.85. The van der Waals surface area contributed by atoms with E-state index in [-0.39, 0.29) is 11.4 Å². The normalized spacial score (nSPS) is 19.6. The van der Waals surface area contributed by atoms with Crippen LogP contribution in [0.1, 0.15) is 29.8 Å². The van der Waals surface area contributed by atoms with E-state index < -0.39 is 17.9 Å². The van der Waals surface area contributed by atoms with Crippen molar-refractivity contribution in [2.45, 2.75) is 25.3 Å². The summed E-state index contributed by atoms with van der Waals surface area (Å²) in [5.41, 5.74) is 6.10. The highest BCUT2D eigenvalue weighted by atomic mass is 16.4. The lowest BCUT2D eigenvalue weighted by Gasteiger charge is -2.32. The highest BCUT2D eigenvalue weighted by molar-refractivity contribution is 5.99. The Morgan fingerprint density at radius 2 is 2.22 bits per heavy atom. The first-order valence-electron chi connectivity index (χ1n) is 5.85. The summed E-state index contributed by atoms with van der Waals surface area (Å²) in [7, 11) is 0. The second-order valence-electron chi connectivity index (χ2n) is 4.29. The topological polar surface area (TPSA) is 96.5 Å². The smallest absolute Gasteiger partial charge is 0.326 e. The van der Waals surface area contributed by atoms with Crippen LogP contribution in [0.25, 0.3) is 0 Å². The summed E-state index contributed by atoms with van der Waals surface area (Å²) in [4.78, 5) is 28.7. The van der Waals surface area contributed by atoms with Crippen molar-refractivity contribution >= 4 is 17.6 Å². The summed E-state index contributed by atoms with van der Waals surface area (Å²) in [6.07, 6.45) is 3.58. The minimum Gasteiger partial charge on any atom is -0.480 e. The first-order chi connectivity index (χ1) is 8.61. The summed E-state index contributed by atoms with van der Waals surface area (Å²) in [5.74, 6) is -1.38. The maximum atomic E-state index is 12.3. The zero-order valence-corrected chi connectivity index (χ0v) is 9.87. The quantitative estimate of drug-likeness (QED) is 0.805. The number of nitrogens with zero attached hydrogens (tertiary/aromatic N) is 2. The van der Waals surface area contributed by atoms with E-state index in [9.17, 15) is 9.59 Å². The molecule has 1 amide bonds. The molecule has 1 aliphatic rings. The van der Waals surface area contributed by atoms with Crippen LogP contribution in [0.4, 0.5) is 5.69 Å². The maximum absolute atomic E-state index is 12.3. The SMILES string of the molecule is Nc1cccnc1C(=O)N1CCCC[C@H]1C(=O)O. The molecular formula is C12H15N3O3. The summed E-state index contributed by atoms with van der Waals surface area (Å²) < 4.78 is 0. The molecule has 1 atom stereocenters. The van der Waals surface area contributed by atoms with Gasteiger partial charge in [0.1, 0.15) is 6.04 Å². The highest BCUT2D eigenvalue weighted by Crippen LogP contribution is 2.21. The molecule has 0 saturated carbocycles. The Hall–Kier alpha value is -2.11. The van der Waals surface area contributed by atoms with E-state index in [0.29, 0.717) is 13.0 Å². The predicted molar refractivity (Wildman–Crippen MR) is 65.0 cm³/mol. The molecule has 6 nitrogen and oxygen atoms in total. The van der Waals surface area contributed by atoms with Gasteiger partial charge in [0.2, 0.25) is 0 Å². The van der Waals surface area contributed by atoms with E-state index in [1.165, 1.54) is 11.1 Å². The average molecular weight is 249 g/mol. The molecule has 6 heteroatoms. The van der Waals surface area contributed by atoms with Crippen molar-refractivity contribution in [2.24, 2.45) is 0 Å². The van der Waals surface area contributed by atoms with E-state index in [0.717, 1.165) is 12.8 Å². The molecule has 0 aromatic carbocycles. The van der Waals surface area contributed by atoms with Gasteiger partial charge in [-0.15, -0.1) is 0 Å². The lowest BCUT2D eigenvalue weighted by molar-refractivity contribution is -0.143. The molecule has 1 fully saturated rings. The molecule has 0 spiro atoms. The molecule has 0 unspecified atom stereocenters. The monoisotopic (exact) mass is 249 g/mol. The standard InChI is InChI=1S/C12H15N3O3/c13-8-4-3-6-14-10(8)11(16)15-7-2-1-5-9(15)12(17)18/h3-4,6,9H,1-2,5,7,13H2,(H,17,18)/t9-/m0/s1. The van der Waals surface area contributed by atoms with E-state index in [2.05, 4.69) is 4.98 Å². The van der Waals surface area contributed by atoms with E-state index in [1.807, 2.05) is 0 Å². The number of carbonyl (C=O) groups excluding carboxylic acids is 1. The van der Waals surface area contributed by atoms with Gasteiger partial charge in [-0.3, -0.25) is 4.79 Å². The third-order valence-corrected chi connectivity index (χ3v) is 3.09. The van der Waals surface area contributed by atoms with Crippen LogP contribution in [0.3, 0.4) is 0 Å². The van der Waals surface area contributed by atoms with Crippen LogP contribution in [0.2, 0.25) is 0 Å². The third-order valence-electron chi connectivity index (χ3n) is 3.09. The molecule has 2 heterocycles. The summed E-state index contributed by atoms with van der Waals surface area (Å²) in [5, 5.41) is 9.13. The van der Waals surface area contributed by atoms with Gasteiger partial charge in [0.05, 0.1) is 5.69 Å². The van der Waals surface area contributed by atoms with Crippen molar-refractivity contribution in [3.8, 4) is 0 Å². The van der Waals surface area contributed by atoms with E-state index in [1.54, 1.807) is 12.1 Å². The zero-order valence-electron chi connectivity index (χ0n) is 9.87. The maximum Gasteiger partial charge on any atom is 0.326 e. The number of piperidine rings is 1. The number of amides is 1. The lowest BCUT2D eigenvalue weighted by Crippen LogP contribution is -2.48. The molecule has 2 rings (SSSR count). The number of pyridine rings is 1. The molecule has 1 aromatic heterocycles. The fourth-order valence-electron chi connectivity index (χ4n) is 2.16. The van der Waals surface area contributed by atoms with Gasteiger partial charge < -0.3 is 15.7 Å². The van der Waals surface area contributed by atoms with Gasteiger partial charge in [-0.05, 0) is 31.4 Å². The number of carbonyl (C=O) groups is 2. The number of nitrogen functional groups attached to an aromatic ring is 1. The van der Waals surface area contributed by atoms with E-state index >= 15 is 0 Å². The van der Waals surface area contributed by atoms with Crippen molar-refractivity contribution in [3.63, 3.8) is 0 Å². The third kappa shape index (κ3) is 2.27. The van der Waals surface area contributed by atoms with E-state index in [4.69, 9.17) is 10.8 Å². The molecule has 0 radical (unpaired) electrons. The molecule has 96 valence electrons. The number of rotatable bonds is 2. The summed E-state index contributed by atoms with van der Waals surface area (Å²) in [6.45, 7) is 0.436. The number of hydrogen-bond acceptors (Lipinski definition) is 4. The second-order valence-corrected chi connectivity index (χ2v) is 4.29. The van der Waals surface area contributed by atoms with Crippen LogP contribution in [0.5, 0.6) is 0 Å². The number of nitrogens with two attached hydrogens (primary N) is 1. The van der Waals surface area contributed by atoms with Gasteiger partial charge in [-0.2, -0.15) is 0 Å². The molecule has 0 bridgehead atoms. The van der Waals surface area contributed by atoms with Crippen molar-refractivity contribution in [3.05, 3.63) is 24.0 Å². The highest BCUT2D eigenvalue weighted by Gasteiger charge is 2.33. The van der Waals surface area contributed by atoms with Crippen LogP contribution in [-0.4, -0.2) is 39.5 Å². The summed E-state index contributed by atoms with van der Waals surface area (Å²) in [6, 6.07) is 2.45. The Kier molecular flexibility index (Phi) is 3.45. The Bertz CT molecular complexity index is 475. The van der Waals surface area contributed by atoms with Gasteiger partial charge >= 0.3 is 5.97 Å². The largest absolute Gasteiger partial charge is 0.480 e. The number of anilines is 1. The number of aliphatic carboxylic acids is 1.